The van der Waals surface area contributed by atoms with Crippen LogP contribution in [0.4, 0.5) is 4.79 Å². The number of alkyl carbamates (subject to hydrolysis) is 1. The summed E-state index contributed by atoms with van der Waals surface area (Å²) >= 11 is 0. The molecule has 16 heteroatoms. The van der Waals surface area contributed by atoms with Gasteiger partial charge in [-0.2, -0.15) is 0 Å². The first-order chi connectivity index (χ1) is 31.5. The van der Waals surface area contributed by atoms with Gasteiger partial charge in [0, 0.05) is 38.4 Å². The number of methoxy groups -OCH3 is 3. The zero-order valence-corrected chi connectivity index (χ0v) is 38.5. The molecule has 2 saturated heterocycles. The second-order valence-corrected chi connectivity index (χ2v) is 17.0. The largest absolute Gasteiger partial charge is 0.487 e. The molecule has 65 heavy (non-hydrogen) atoms. The van der Waals surface area contributed by atoms with Crippen LogP contribution >= 0.6 is 0 Å². The minimum absolute atomic E-state index is 0.0426. The van der Waals surface area contributed by atoms with E-state index in [0.29, 0.717) is 49.5 Å². The Morgan fingerprint density at radius 1 is 0.708 bits per heavy atom. The van der Waals surface area contributed by atoms with Gasteiger partial charge in [-0.1, -0.05) is 68.4 Å². The maximum Gasteiger partial charge on any atom is 0.407 e. The van der Waals surface area contributed by atoms with E-state index in [9.17, 15) is 14.4 Å². The third-order valence-electron chi connectivity index (χ3n) is 12.1. The Morgan fingerprint density at radius 3 is 1.82 bits per heavy atom. The van der Waals surface area contributed by atoms with E-state index in [4.69, 9.17) is 33.7 Å². The number of nitrogens with zero attached hydrogens (tertiary/aromatic N) is 5. The molecular formula is C49H62N8O8. The number of hydrogen-bond donors (Lipinski definition) is 3. The number of amides is 3. The molecule has 4 atom stereocenters. The number of benzene rings is 3. The summed E-state index contributed by atoms with van der Waals surface area (Å²) in [5.74, 6) is 2.23. The first-order valence-corrected chi connectivity index (χ1v) is 22.3. The van der Waals surface area contributed by atoms with Crippen molar-refractivity contribution in [2.24, 2.45) is 5.92 Å². The average molecular weight is 891 g/mol. The number of ether oxygens (including phenoxy) is 5. The molecule has 0 radical (unpaired) electrons. The van der Waals surface area contributed by atoms with Crippen molar-refractivity contribution in [1.29, 1.82) is 0 Å². The van der Waals surface area contributed by atoms with Crippen molar-refractivity contribution >= 4 is 17.9 Å². The van der Waals surface area contributed by atoms with Gasteiger partial charge in [0.25, 0.3) is 0 Å². The topological polar surface area (TPSA) is 176 Å². The van der Waals surface area contributed by atoms with Crippen molar-refractivity contribution in [2.75, 3.05) is 74.9 Å². The molecule has 2 aliphatic heterocycles. The predicted octanol–water partition coefficient (Wildman–Crippen LogP) is 7.19. The van der Waals surface area contributed by atoms with Crippen molar-refractivity contribution in [3.63, 3.8) is 0 Å². The monoisotopic (exact) mass is 890 g/mol. The molecule has 0 saturated carbocycles. The molecule has 4 heterocycles. The maximum absolute atomic E-state index is 14.2. The number of rotatable bonds is 19. The third-order valence-corrected chi connectivity index (χ3v) is 12.1. The quantitative estimate of drug-likeness (QED) is 0.0716. The van der Waals surface area contributed by atoms with Crippen LogP contribution < -0.4 is 14.8 Å². The zero-order valence-electron chi connectivity index (χ0n) is 38.5. The highest BCUT2D eigenvalue weighted by Gasteiger charge is 2.39. The standard InChI is InChI=1S/C49H62N8O8/c1-31(2)41(54-49(60)63-7)47(58)56-23-11-15-39(56)45-50-29-37(52-45)33-19-17-32(18-20-33)35-21-22-36(44(65-28-26-62-6)43(35)64-27-25-61-5)38-30-51-46(53-38)40-16-12-24-57(40)48(59)42(55(3)4)34-13-9-8-10-14-34/h8-10,13-14,17-22,29-31,39-42H,11-12,15-16,23-28H2,1-7H3,(H,50,52)(H,51,53)(H,54,60)/t39-,40-,41-,42+/m0/s1. The summed E-state index contributed by atoms with van der Waals surface area (Å²) in [7, 11) is 8.42. The van der Waals surface area contributed by atoms with Gasteiger partial charge in [0.1, 0.15) is 36.9 Å². The molecule has 3 aromatic carbocycles. The van der Waals surface area contributed by atoms with Crippen molar-refractivity contribution < 1.29 is 38.1 Å². The molecule has 3 N–H and O–H groups in total. The van der Waals surface area contributed by atoms with Gasteiger partial charge in [0.05, 0.1) is 56.2 Å². The summed E-state index contributed by atoms with van der Waals surface area (Å²) in [6.07, 6.45) is 6.18. The highest BCUT2D eigenvalue weighted by atomic mass is 16.6. The van der Waals surface area contributed by atoms with Crippen molar-refractivity contribution in [1.82, 2.24) is 40.0 Å². The van der Waals surface area contributed by atoms with Crippen LogP contribution in [0.15, 0.2) is 79.1 Å². The summed E-state index contributed by atoms with van der Waals surface area (Å²) in [5.41, 5.74) is 5.87. The lowest BCUT2D eigenvalue weighted by atomic mass is 9.98. The van der Waals surface area contributed by atoms with Crippen LogP contribution in [-0.2, 0) is 23.8 Å². The molecule has 0 spiro atoms. The van der Waals surface area contributed by atoms with Crippen LogP contribution in [0.1, 0.15) is 74.9 Å². The van der Waals surface area contributed by atoms with Crippen molar-refractivity contribution in [3.8, 4) is 45.1 Å². The van der Waals surface area contributed by atoms with Gasteiger partial charge >= 0.3 is 6.09 Å². The molecule has 2 aromatic heterocycles. The van der Waals surface area contributed by atoms with Gasteiger partial charge in [0.2, 0.25) is 11.8 Å². The lowest BCUT2D eigenvalue weighted by molar-refractivity contribution is -0.137. The molecule has 0 unspecified atom stereocenters. The van der Waals surface area contributed by atoms with Gasteiger partial charge in [-0.05, 0) is 74.5 Å². The first kappa shape index (κ1) is 46.8. The minimum atomic E-state index is -0.716. The molecule has 5 aromatic rings. The number of nitrogens with one attached hydrogen (secondary N) is 3. The predicted molar refractivity (Wildman–Crippen MR) is 246 cm³/mol. The van der Waals surface area contributed by atoms with E-state index in [1.165, 1.54) is 7.11 Å². The fraction of sp³-hybridized carbons (Fsp3) is 0.449. The SMILES string of the molecule is COCCOc1c(-c2ccc(-c3cnc([C@@H]4CCCN4C(=O)[C@@H](NC(=O)OC)C(C)C)[nH]3)cc2)ccc(-c2cnc([C@@H]3CCCN3C(=O)[C@@H](c3ccccc3)N(C)C)[nH]2)c1OCCOC. The summed E-state index contributed by atoms with van der Waals surface area (Å²) < 4.78 is 28.6. The number of hydrogen-bond acceptors (Lipinski definition) is 11. The summed E-state index contributed by atoms with van der Waals surface area (Å²) in [6.45, 7) is 6.29. The first-order valence-electron chi connectivity index (χ1n) is 22.3. The van der Waals surface area contributed by atoms with Gasteiger partial charge in [-0.3, -0.25) is 14.5 Å². The average Bonchev–Trinajstić information content (AvgIpc) is 4.16. The smallest absolute Gasteiger partial charge is 0.407 e. The van der Waals surface area contributed by atoms with E-state index in [-0.39, 0.29) is 43.0 Å². The van der Waals surface area contributed by atoms with E-state index < -0.39 is 18.2 Å². The van der Waals surface area contributed by atoms with E-state index in [0.717, 1.165) is 64.9 Å². The minimum Gasteiger partial charge on any atom is -0.487 e. The number of likely N-dealkylation sites (N-methyl/N-ethyl adjacent to an activating group) is 1. The normalized spacial score (nSPS) is 17.1. The summed E-state index contributed by atoms with van der Waals surface area (Å²) in [4.78, 5) is 62.3. The summed E-state index contributed by atoms with van der Waals surface area (Å²) in [5, 5.41) is 2.71. The molecule has 0 aliphatic carbocycles. The van der Waals surface area contributed by atoms with Crippen LogP contribution in [-0.4, -0.2) is 134 Å². The molecule has 2 aliphatic rings. The van der Waals surface area contributed by atoms with Gasteiger partial charge in [-0.25, -0.2) is 14.8 Å². The number of carbonyl (C=O) groups is 3. The highest BCUT2D eigenvalue weighted by Crippen LogP contribution is 2.46. The van der Waals surface area contributed by atoms with Gasteiger partial charge in [-0.15, -0.1) is 0 Å². The van der Waals surface area contributed by atoms with E-state index in [1.54, 1.807) is 31.5 Å². The zero-order chi connectivity index (χ0) is 46.0. The third kappa shape index (κ3) is 10.5. The van der Waals surface area contributed by atoms with Gasteiger partial charge in [0.15, 0.2) is 11.5 Å². The second-order valence-electron chi connectivity index (χ2n) is 17.0. The van der Waals surface area contributed by atoms with E-state index >= 15 is 0 Å². The van der Waals surface area contributed by atoms with Crippen LogP contribution in [0.3, 0.4) is 0 Å². The lowest BCUT2D eigenvalue weighted by Gasteiger charge is -2.31. The van der Waals surface area contributed by atoms with E-state index in [2.05, 4.69) is 15.3 Å². The van der Waals surface area contributed by atoms with Crippen LogP contribution in [0.5, 0.6) is 11.5 Å². The molecule has 3 amide bonds. The second kappa shape index (κ2) is 21.6. The van der Waals surface area contributed by atoms with E-state index in [1.807, 2.05) is 104 Å². The molecule has 7 rings (SSSR count). The molecular weight excluding hydrogens is 829 g/mol. The molecule has 16 nitrogen and oxygen atoms in total. The Hall–Kier alpha value is -6.23. The molecule has 2 fully saturated rings. The van der Waals surface area contributed by atoms with Crippen LogP contribution in [0.25, 0.3) is 33.6 Å². The molecule has 346 valence electrons. The highest BCUT2D eigenvalue weighted by molar-refractivity contribution is 5.87. The fourth-order valence-electron chi connectivity index (χ4n) is 8.83. The fourth-order valence-corrected chi connectivity index (χ4v) is 8.83. The number of likely N-dealkylation sites (tertiary alicyclic amines) is 2. The van der Waals surface area contributed by atoms with Crippen molar-refractivity contribution in [2.45, 2.75) is 63.7 Å². The summed E-state index contributed by atoms with van der Waals surface area (Å²) in [6, 6.07) is 20.4. The Balaban J connectivity index is 1.16. The number of imidazole rings is 2. The van der Waals surface area contributed by atoms with Gasteiger partial charge < -0.3 is 48.8 Å². The number of carbonyl (C=O) groups excluding carboxylic acids is 3. The molecule has 0 bridgehead atoms. The Morgan fingerprint density at radius 2 is 1.25 bits per heavy atom. The Bertz CT molecular complexity index is 2360. The van der Waals surface area contributed by atoms with Crippen LogP contribution in [0.2, 0.25) is 0 Å². The maximum atomic E-state index is 14.2. The lowest BCUT2D eigenvalue weighted by Crippen LogP contribution is -2.51. The van der Waals surface area contributed by atoms with Crippen molar-refractivity contribution in [3.05, 3.63) is 96.3 Å². The Kier molecular flexibility index (Phi) is 15.6. The number of H-pyrrole nitrogens is 2. The number of aromatic amines is 2. The Labute approximate surface area is 381 Å². The van der Waals surface area contributed by atoms with Crippen LogP contribution in [0, 0.1) is 5.92 Å². The number of aromatic nitrogens is 4.